The van der Waals surface area contributed by atoms with Crippen LogP contribution in [0.4, 0.5) is 11.4 Å². The molecule has 0 saturated heterocycles. The second kappa shape index (κ2) is 5.90. The third-order valence-electron chi connectivity index (χ3n) is 4.40. The van der Waals surface area contributed by atoms with Crippen LogP contribution in [0.15, 0.2) is 42.5 Å². The van der Waals surface area contributed by atoms with Gasteiger partial charge in [0, 0.05) is 24.0 Å². The Hall–Kier alpha value is -1.80. The van der Waals surface area contributed by atoms with Crippen LogP contribution in [0.25, 0.3) is 0 Å². The maximum absolute atomic E-state index is 9.36. The van der Waals surface area contributed by atoms with Gasteiger partial charge in [-0.1, -0.05) is 30.3 Å². The summed E-state index contributed by atoms with van der Waals surface area (Å²) in [6.45, 7) is 4.57. The van der Waals surface area contributed by atoms with Gasteiger partial charge in [0.25, 0.3) is 0 Å². The zero-order valence-corrected chi connectivity index (χ0v) is 12.8. The van der Waals surface area contributed by atoms with Crippen molar-refractivity contribution < 1.29 is 5.11 Å². The fourth-order valence-electron chi connectivity index (χ4n) is 3.26. The first-order chi connectivity index (χ1) is 10.2. The molecule has 2 nitrogen and oxygen atoms in total. The minimum atomic E-state index is 0.223. The van der Waals surface area contributed by atoms with Crippen LogP contribution in [0.3, 0.4) is 0 Å². The number of hydrogen-bond donors (Lipinski definition) is 1. The number of aliphatic hydroxyl groups is 1. The van der Waals surface area contributed by atoms with Gasteiger partial charge in [0.1, 0.15) is 0 Å². The summed E-state index contributed by atoms with van der Waals surface area (Å²) in [5.74, 6) is 0. The van der Waals surface area contributed by atoms with E-state index in [1.54, 1.807) is 0 Å². The van der Waals surface area contributed by atoms with Crippen molar-refractivity contribution in [1.29, 1.82) is 0 Å². The molecule has 1 atom stereocenters. The zero-order valence-electron chi connectivity index (χ0n) is 12.8. The van der Waals surface area contributed by atoms with E-state index in [-0.39, 0.29) is 12.6 Å². The molecule has 0 bridgehead atoms. The highest BCUT2D eigenvalue weighted by Gasteiger charge is 2.24. The quantitative estimate of drug-likeness (QED) is 0.919. The van der Waals surface area contributed by atoms with Gasteiger partial charge in [0.2, 0.25) is 0 Å². The maximum atomic E-state index is 9.36. The van der Waals surface area contributed by atoms with Gasteiger partial charge >= 0.3 is 0 Å². The fourth-order valence-corrected chi connectivity index (χ4v) is 3.26. The Balaban J connectivity index is 2.16. The highest BCUT2D eigenvalue weighted by atomic mass is 16.3. The van der Waals surface area contributed by atoms with Crippen LogP contribution in [-0.4, -0.2) is 17.8 Å². The standard InChI is InChI=1S/C19H23NO/c1-14-7-8-17-10-9-16-5-3-4-6-18(16)20(19(17)13-14)15(2)11-12-21/h3-8,13,15,21H,9-12H2,1-2H3. The van der Waals surface area contributed by atoms with Gasteiger partial charge < -0.3 is 10.0 Å². The van der Waals surface area contributed by atoms with Crippen LogP contribution in [0.2, 0.25) is 0 Å². The molecule has 1 aliphatic heterocycles. The summed E-state index contributed by atoms with van der Waals surface area (Å²) in [6, 6.07) is 15.7. The molecule has 1 N–H and O–H groups in total. The van der Waals surface area contributed by atoms with E-state index in [1.165, 1.54) is 28.1 Å². The normalized spacial score (nSPS) is 15.1. The Labute approximate surface area is 127 Å². The van der Waals surface area contributed by atoms with Crippen molar-refractivity contribution in [2.24, 2.45) is 0 Å². The number of rotatable bonds is 3. The second-order valence-electron chi connectivity index (χ2n) is 5.99. The lowest BCUT2D eigenvalue weighted by Crippen LogP contribution is -2.30. The highest BCUT2D eigenvalue weighted by Crippen LogP contribution is 2.38. The number of hydrogen-bond acceptors (Lipinski definition) is 2. The van der Waals surface area contributed by atoms with E-state index in [4.69, 9.17) is 0 Å². The first-order valence-corrected chi connectivity index (χ1v) is 7.78. The van der Waals surface area contributed by atoms with Crippen molar-refractivity contribution in [3.8, 4) is 0 Å². The van der Waals surface area contributed by atoms with Gasteiger partial charge in [0.05, 0.1) is 0 Å². The summed E-state index contributed by atoms with van der Waals surface area (Å²) in [7, 11) is 0. The molecule has 0 amide bonds. The van der Waals surface area contributed by atoms with Crippen LogP contribution in [0.5, 0.6) is 0 Å². The first-order valence-electron chi connectivity index (χ1n) is 7.78. The maximum Gasteiger partial charge on any atom is 0.0450 e. The van der Waals surface area contributed by atoms with E-state index >= 15 is 0 Å². The average molecular weight is 281 g/mol. The molecule has 21 heavy (non-hydrogen) atoms. The summed E-state index contributed by atoms with van der Waals surface area (Å²) in [5, 5.41) is 9.36. The van der Waals surface area contributed by atoms with E-state index in [9.17, 15) is 5.11 Å². The minimum Gasteiger partial charge on any atom is -0.396 e. The Morgan fingerprint density at radius 1 is 1.05 bits per heavy atom. The lowest BCUT2D eigenvalue weighted by atomic mass is 10.0. The highest BCUT2D eigenvalue weighted by molar-refractivity contribution is 5.72. The van der Waals surface area contributed by atoms with Crippen molar-refractivity contribution in [1.82, 2.24) is 0 Å². The van der Waals surface area contributed by atoms with E-state index < -0.39 is 0 Å². The molecule has 2 aromatic carbocycles. The third-order valence-corrected chi connectivity index (χ3v) is 4.40. The molecule has 0 aromatic heterocycles. The number of aryl methyl sites for hydroxylation is 3. The Kier molecular flexibility index (Phi) is 3.98. The molecule has 110 valence electrons. The predicted octanol–water partition coefficient (Wildman–Crippen LogP) is 4.00. The molecule has 1 heterocycles. The number of benzene rings is 2. The topological polar surface area (TPSA) is 23.5 Å². The first kappa shape index (κ1) is 14.2. The smallest absolute Gasteiger partial charge is 0.0450 e. The summed E-state index contributed by atoms with van der Waals surface area (Å²) in [4.78, 5) is 2.42. The summed E-state index contributed by atoms with van der Waals surface area (Å²) in [5.41, 5.74) is 6.69. The molecule has 1 unspecified atom stereocenters. The van der Waals surface area contributed by atoms with Crippen molar-refractivity contribution in [2.45, 2.75) is 39.2 Å². The van der Waals surface area contributed by atoms with Gasteiger partial charge in [-0.2, -0.15) is 0 Å². The fraction of sp³-hybridized carbons (Fsp3) is 0.368. The van der Waals surface area contributed by atoms with Gasteiger partial charge in [-0.25, -0.2) is 0 Å². The third kappa shape index (κ3) is 2.68. The van der Waals surface area contributed by atoms with Gasteiger partial charge in [-0.15, -0.1) is 0 Å². The van der Waals surface area contributed by atoms with Crippen LogP contribution in [-0.2, 0) is 12.8 Å². The lowest BCUT2D eigenvalue weighted by Gasteiger charge is -2.33. The van der Waals surface area contributed by atoms with E-state index in [0.29, 0.717) is 0 Å². The molecule has 0 fully saturated rings. The van der Waals surface area contributed by atoms with Crippen molar-refractivity contribution in [2.75, 3.05) is 11.5 Å². The van der Waals surface area contributed by atoms with Crippen LogP contribution in [0, 0.1) is 6.92 Å². The van der Waals surface area contributed by atoms with E-state index in [0.717, 1.165) is 19.3 Å². The number of aliphatic hydroxyl groups excluding tert-OH is 1. The summed E-state index contributed by atoms with van der Waals surface area (Å²) >= 11 is 0. The molecule has 0 radical (unpaired) electrons. The van der Waals surface area contributed by atoms with Gasteiger partial charge in [-0.05, 0) is 61.9 Å². The number of anilines is 2. The Morgan fingerprint density at radius 2 is 1.76 bits per heavy atom. The molecular weight excluding hydrogens is 258 g/mol. The molecule has 0 aliphatic carbocycles. The predicted molar refractivity (Wildman–Crippen MR) is 88.3 cm³/mol. The Morgan fingerprint density at radius 3 is 2.52 bits per heavy atom. The number of fused-ring (bicyclic) bond motifs is 2. The Bertz CT molecular complexity index is 635. The SMILES string of the molecule is Cc1ccc2c(c1)N(C(C)CCO)c1ccccc1CC2. The van der Waals surface area contributed by atoms with Crippen LogP contribution < -0.4 is 4.90 Å². The summed E-state index contributed by atoms with van der Waals surface area (Å²) in [6.07, 6.45) is 2.94. The van der Waals surface area contributed by atoms with Gasteiger partial charge in [-0.3, -0.25) is 0 Å². The molecule has 2 heteroatoms. The van der Waals surface area contributed by atoms with Crippen LogP contribution >= 0.6 is 0 Å². The lowest BCUT2D eigenvalue weighted by molar-refractivity contribution is 0.278. The largest absolute Gasteiger partial charge is 0.396 e. The molecule has 3 rings (SSSR count). The molecule has 2 aromatic rings. The monoisotopic (exact) mass is 281 g/mol. The number of para-hydroxylation sites is 1. The van der Waals surface area contributed by atoms with E-state index in [2.05, 4.69) is 61.2 Å². The molecular formula is C19H23NO. The number of nitrogens with zero attached hydrogens (tertiary/aromatic N) is 1. The average Bonchev–Trinajstić information content (AvgIpc) is 2.63. The zero-order chi connectivity index (χ0) is 14.8. The molecule has 0 saturated carbocycles. The minimum absolute atomic E-state index is 0.223. The summed E-state index contributed by atoms with van der Waals surface area (Å²) < 4.78 is 0. The van der Waals surface area contributed by atoms with Crippen LogP contribution in [0.1, 0.15) is 30.0 Å². The van der Waals surface area contributed by atoms with E-state index in [1.807, 2.05) is 0 Å². The van der Waals surface area contributed by atoms with Crippen molar-refractivity contribution >= 4 is 11.4 Å². The second-order valence-corrected chi connectivity index (χ2v) is 5.99. The molecule has 0 spiro atoms. The van der Waals surface area contributed by atoms with Crippen molar-refractivity contribution in [3.63, 3.8) is 0 Å². The van der Waals surface area contributed by atoms with Crippen molar-refractivity contribution in [3.05, 3.63) is 59.2 Å². The van der Waals surface area contributed by atoms with Gasteiger partial charge in [0.15, 0.2) is 0 Å². The molecule has 1 aliphatic rings.